The molecule has 0 amide bonds. The van der Waals surface area contributed by atoms with Gasteiger partial charge in [0.15, 0.2) is 0 Å². The van der Waals surface area contributed by atoms with Crippen molar-refractivity contribution in [3.8, 4) is 0 Å². The van der Waals surface area contributed by atoms with Gasteiger partial charge < -0.3 is 0 Å². The van der Waals surface area contributed by atoms with Gasteiger partial charge in [-0.15, -0.1) is 12.6 Å². The highest BCUT2D eigenvalue weighted by Gasteiger charge is 2.31. The highest BCUT2D eigenvalue weighted by atomic mass is 79.9. The molecule has 0 bridgehead atoms. The van der Waals surface area contributed by atoms with Crippen LogP contribution in [0, 0.1) is 5.82 Å². The molecular weight excluding hydrogens is 376 g/mol. The molecule has 8 heteroatoms. The van der Waals surface area contributed by atoms with E-state index >= 15 is 0 Å². The molecule has 82 valence electrons. The normalized spacial score (nSPS) is 10.1. The van der Waals surface area contributed by atoms with Crippen molar-refractivity contribution in [3.63, 3.8) is 0 Å². The monoisotopic (exact) mass is 378 g/mol. The number of benzene rings is 1. The van der Waals surface area contributed by atoms with Crippen molar-refractivity contribution in [1.82, 2.24) is 0 Å². The van der Waals surface area contributed by atoms with Crippen molar-refractivity contribution in [2.24, 2.45) is 0 Å². The summed E-state index contributed by atoms with van der Waals surface area (Å²) >= 11 is 10.1. The van der Waals surface area contributed by atoms with Crippen LogP contribution in [0.2, 0.25) is 0 Å². The lowest BCUT2D eigenvalue weighted by atomic mass is 10.2. The molecular formula is C7H4Br2F4MgS. The summed E-state index contributed by atoms with van der Waals surface area (Å²) in [5.74, 6) is -0.935. The fraction of sp³-hybridized carbons (Fsp3) is 0.143. The molecule has 0 radical (unpaired) electrons. The summed E-state index contributed by atoms with van der Waals surface area (Å²) in [7, 11) is 0. The lowest BCUT2D eigenvalue weighted by Crippen LogP contribution is -2.05. The molecule has 0 saturated heterocycles. The van der Waals surface area contributed by atoms with Crippen LogP contribution in [0.25, 0.3) is 0 Å². The third-order valence-corrected chi connectivity index (χ3v) is 1.47. The van der Waals surface area contributed by atoms with Gasteiger partial charge in [-0.05, 0) is 18.2 Å². The number of halogens is 6. The zero-order valence-corrected chi connectivity index (χ0v) is 12.6. The van der Waals surface area contributed by atoms with E-state index in [2.05, 4.69) is 38.4 Å². The summed E-state index contributed by atoms with van der Waals surface area (Å²) in [6.45, 7) is 0. The van der Waals surface area contributed by atoms with Crippen molar-refractivity contribution < 1.29 is 17.6 Å². The number of hydrogen-bond acceptors (Lipinski definition) is 1. The summed E-state index contributed by atoms with van der Waals surface area (Å²) in [6, 6.07) is 2.12. The molecule has 0 aliphatic rings. The molecule has 1 rings (SSSR count). The molecule has 0 nitrogen and oxygen atoms in total. The van der Waals surface area contributed by atoms with Gasteiger partial charge in [-0.2, -0.15) is 13.2 Å². The second-order valence-electron chi connectivity index (χ2n) is 2.30. The van der Waals surface area contributed by atoms with Gasteiger partial charge >= 0.3 is 22.2 Å². The predicted molar refractivity (Wildman–Crippen MR) is 62.3 cm³/mol. The first-order chi connectivity index (χ1) is 6.81. The Kier molecular flexibility index (Phi) is 7.86. The molecule has 0 aliphatic carbocycles. The fourth-order valence-electron chi connectivity index (χ4n) is 0.738. The molecule has 0 N–H and O–H groups in total. The van der Waals surface area contributed by atoms with Crippen LogP contribution in [0.5, 0.6) is 0 Å². The Labute approximate surface area is 112 Å². The average molecular weight is 380 g/mol. The van der Waals surface area contributed by atoms with Crippen LogP contribution in [0.15, 0.2) is 23.1 Å². The Hall–Kier alpha value is 1.02. The minimum atomic E-state index is -4.51. The molecule has 0 spiro atoms. The number of rotatable bonds is 0. The van der Waals surface area contributed by atoms with Crippen LogP contribution in [-0.2, 0) is 6.18 Å². The first-order valence-corrected chi connectivity index (χ1v) is 11.7. The van der Waals surface area contributed by atoms with Crippen LogP contribution < -0.4 is 0 Å². The van der Waals surface area contributed by atoms with E-state index in [1.165, 1.54) is 0 Å². The van der Waals surface area contributed by atoms with Crippen LogP contribution in [0.1, 0.15) is 5.56 Å². The standard InChI is InChI=1S/C7H4F4S.2BrH.Mg/c8-5-1-4(7(9,10)11)2-6(12)3-5;;;/h1-3,12H;2*1H;/q;;;+2/p-2. The second kappa shape index (κ2) is 7.36. The molecule has 1 aromatic rings. The van der Waals surface area contributed by atoms with E-state index in [0.29, 0.717) is 6.07 Å². The van der Waals surface area contributed by atoms with Gasteiger partial charge in [0.1, 0.15) is 5.82 Å². The summed E-state index contributed by atoms with van der Waals surface area (Å²) in [4.78, 5) is -0.0395. The molecule has 0 aromatic heterocycles. The Morgan fingerprint density at radius 3 is 1.93 bits per heavy atom. The minimum absolute atomic E-state index is 0.0395. The van der Waals surface area contributed by atoms with E-state index in [9.17, 15) is 17.6 Å². The SMILES string of the molecule is Fc1cc(S)cc(C(F)(F)F)c1.[Br][Mg][Br]. The van der Waals surface area contributed by atoms with E-state index in [4.69, 9.17) is 0 Å². The topological polar surface area (TPSA) is 0 Å². The summed E-state index contributed by atoms with van der Waals surface area (Å²) in [6.07, 6.45) is -4.51. The van der Waals surface area contributed by atoms with Crippen LogP contribution in [-0.4, -0.2) is 16.0 Å². The maximum absolute atomic E-state index is 12.4. The second-order valence-corrected chi connectivity index (χ2v) is 10.9. The molecule has 15 heavy (non-hydrogen) atoms. The maximum Gasteiger partial charge on any atom is 0.560 e. The molecule has 0 aliphatic heterocycles. The van der Waals surface area contributed by atoms with Crippen LogP contribution >= 0.6 is 38.4 Å². The average Bonchev–Trinajstić information content (AvgIpc) is 2.01. The quantitative estimate of drug-likeness (QED) is 0.384. The van der Waals surface area contributed by atoms with E-state index in [-0.39, 0.29) is 20.9 Å². The van der Waals surface area contributed by atoms with Crippen molar-refractivity contribution in [2.45, 2.75) is 11.1 Å². The zero-order chi connectivity index (χ0) is 12.1. The Bertz CT molecular complexity index is 298. The number of thiol groups is 1. The smallest absolute Gasteiger partial charge is 0.280 e. The van der Waals surface area contributed by atoms with E-state index in [1.807, 2.05) is 0 Å². The number of alkyl halides is 3. The first-order valence-electron chi connectivity index (χ1n) is 3.50. The van der Waals surface area contributed by atoms with E-state index in [0.717, 1.165) is 12.1 Å². The van der Waals surface area contributed by atoms with Crippen LogP contribution in [0.3, 0.4) is 0 Å². The number of hydrogen-bond donors (Lipinski definition) is 1. The molecule has 0 saturated carbocycles. The fourth-order valence-corrected chi connectivity index (χ4v) is 1.00. The molecule has 0 heterocycles. The van der Waals surface area contributed by atoms with Crippen molar-refractivity contribution in [2.75, 3.05) is 0 Å². The lowest BCUT2D eigenvalue weighted by molar-refractivity contribution is -0.137. The molecule has 0 unspecified atom stereocenters. The third kappa shape index (κ3) is 7.04. The highest BCUT2D eigenvalue weighted by molar-refractivity contribution is 9.47. The van der Waals surface area contributed by atoms with Gasteiger partial charge in [0.2, 0.25) is 0 Å². The first kappa shape index (κ1) is 16.0. The molecule has 1 aromatic carbocycles. The van der Waals surface area contributed by atoms with Gasteiger partial charge in [0, 0.05) is 4.90 Å². The molecule has 0 fully saturated rings. The van der Waals surface area contributed by atoms with Gasteiger partial charge in [-0.3, -0.25) is 25.8 Å². The van der Waals surface area contributed by atoms with Crippen molar-refractivity contribution >= 4 is 54.4 Å². The van der Waals surface area contributed by atoms with Gasteiger partial charge in [0.05, 0.1) is 5.56 Å². The Balaban J connectivity index is 0.000000583. The van der Waals surface area contributed by atoms with E-state index < -0.39 is 17.6 Å². The van der Waals surface area contributed by atoms with Gasteiger partial charge in [0.25, 0.3) is 0 Å². The molecule has 0 atom stereocenters. The van der Waals surface area contributed by atoms with E-state index in [1.54, 1.807) is 0 Å². The highest BCUT2D eigenvalue weighted by Crippen LogP contribution is 2.30. The van der Waals surface area contributed by atoms with Gasteiger partial charge in [-0.25, -0.2) is 4.39 Å². The minimum Gasteiger partial charge on any atom is -0.280 e. The predicted octanol–water partition coefficient (Wildman–Crippen LogP) is 4.44. The van der Waals surface area contributed by atoms with Crippen molar-refractivity contribution in [3.05, 3.63) is 29.6 Å². The Morgan fingerprint density at radius 2 is 1.60 bits per heavy atom. The summed E-state index contributed by atoms with van der Waals surface area (Å²) < 4.78 is 48.3. The maximum atomic E-state index is 12.4. The third-order valence-electron chi connectivity index (χ3n) is 1.21. The Morgan fingerprint density at radius 1 is 1.13 bits per heavy atom. The summed E-state index contributed by atoms with van der Waals surface area (Å²) in [5, 5.41) is 0. The van der Waals surface area contributed by atoms with Crippen molar-refractivity contribution in [1.29, 1.82) is 0 Å². The lowest BCUT2D eigenvalue weighted by Gasteiger charge is -2.06. The van der Waals surface area contributed by atoms with Crippen LogP contribution in [0.4, 0.5) is 17.6 Å². The summed E-state index contributed by atoms with van der Waals surface area (Å²) in [5.41, 5.74) is -1.02. The largest absolute Gasteiger partial charge is 0.560 e. The van der Waals surface area contributed by atoms with Gasteiger partial charge in [-0.1, -0.05) is 0 Å². The zero-order valence-electron chi connectivity index (χ0n) is 7.15.